The average molecular weight is 868 g/mol. The number of nitrogens with zero attached hydrogens (tertiary/aromatic N) is 8. The number of rotatable bonds is 10. The number of fused-ring (bicyclic) bond motifs is 1. The topological polar surface area (TPSA) is 169 Å². The fraction of sp³-hybridized carbons (Fsp3) is 0.396. The normalized spacial score (nSPS) is 17.2. The first-order chi connectivity index (χ1) is 30.8. The van der Waals surface area contributed by atoms with E-state index in [1.807, 2.05) is 52.1 Å². The molecule has 6 aromatic rings. The number of hydrogen-bond donors (Lipinski definition) is 3. The Hall–Kier alpha value is -6.68. The lowest BCUT2D eigenvalue weighted by Crippen LogP contribution is -2.49. The summed E-state index contributed by atoms with van der Waals surface area (Å²) >= 11 is 0. The Balaban J connectivity index is 0.780. The third-order valence-corrected chi connectivity index (χ3v) is 12.8. The Labute approximate surface area is 371 Å². The second-order valence-electron chi connectivity index (χ2n) is 18.3. The van der Waals surface area contributed by atoms with Gasteiger partial charge in [-0.1, -0.05) is 38.1 Å². The molecule has 0 aliphatic carbocycles. The van der Waals surface area contributed by atoms with Crippen molar-refractivity contribution in [1.29, 1.82) is 0 Å². The van der Waals surface area contributed by atoms with E-state index in [4.69, 9.17) is 4.52 Å². The van der Waals surface area contributed by atoms with Gasteiger partial charge in [-0.15, -0.1) is 0 Å². The number of benzene rings is 3. The van der Waals surface area contributed by atoms with Crippen molar-refractivity contribution in [2.45, 2.75) is 65.3 Å². The third-order valence-electron chi connectivity index (χ3n) is 12.8. The van der Waals surface area contributed by atoms with Gasteiger partial charge >= 0.3 is 17.8 Å². The number of aryl methyl sites for hydroxylation is 1. The number of aromatic amines is 1. The van der Waals surface area contributed by atoms with Crippen LogP contribution in [-0.2, 0) is 10.2 Å². The van der Waals surface area contributed by atoms with Crippen LogP contribution in [0.25, 0.3) is 33.4 Å². The average Bonchev–Trinajstić information content (AvgIpc) is 3.97. The van der Waals surface area contributed by atoms with Crippen LogP contribution >= 0.6 is 0 Å². The van der Waals surface area contributed by atoms with E-state index in [0.29, 0.717) is 52.6 Å². The number of halogens is 1. The van der Waals surface area contributed by atoms with Crippen LogP contribution < -0.4 is 25.3 Å². The molecule has 15 nitrogen and oxygen atoms in total. The van der Waals surface area contributed by atoms with Gasteiger partial charge < -0.3 is 19.6 Å². The van der Waals surface area contributed by atoms with Crippen molar-refractivity contribution >= 4 is 45.9 Å². The molecule has 3 aliphatic heterocycles. The van der Waals surface area contributed by atoms with Crippen molar-refractivity contribution in [3.05, 3.63) is 102 Å². The van der Waals surface area contributed by atoms with Crippen LogP contribution in [0.1, 0.15) is 80.6 Å². The van der Waals surface area contributed by atoms with Crippen LogP contribution in [0, 0.1) is 18.7 Å². The van der Waals surface area contributed by atoms with Gasteiger partial charge in [0, 0.05) is 104 Å². The molecule has 0 radical (unpaired) electrons. The van der Waals surface area contributed by atoms with Gasteiger partial charge in [0.05, 0.1) is 6.04 Å². The first kappa shape index (κ1) is 42.6. The number of carbonyl (C=O) groups is 3. The van der Waals surface area contributed by atoms with E-state index in [-0.39, 0.29) is 23.2 Å². The number of hydrogen-bond acceptors (Lipinski definition) is 11. The number of nitrogens with one attached hydrogen (secondary N) is 3. The number of imide groups is 1. The van der Waals surface area contributed by atoms with E-state index in [0.717, 1.165) is 81.0 Å². The lowest BCUT2D eigenvalue weighted by molar-refractivity contribution is -0.120. The van der Waals surface area contributed by atoms with Crippen molar-refractivity contribution in [3.63, 3.8) is 0 Å². The van der Waals surface area contributed by atoms with E-state index in [2.05, 4.69) is 87.1 Å². The Bertz CT molecular complexity index is 2670. The van der Waals surface area contributed by atoms with Gasteiger partial charge in [0.15, 0.2) is 11.5 Å². The molecule has 3 aromatic heterocycles. The summed E-state index contributed by atoms with van der Waals surface area (Å²) in [6.07, 6.45) is 4.41. The standard InChI is InChI=1S/C48H54FN11O4/c1-29-24-38(40(49)26-37(29)30(2)51-44(62)45-53-46(56-64-45)48(3,4)5)42-39-25-33(27-50-43(39)55-54-42)32-6-8-34(9-7-32)59-22-20-57(21-23-59)28-31-14-17-58(18-15-31)35-10-12-36(13-11-35)60-19-16-41(61)52-47(60)63/h6-13,24-27,30-31H,14-23,28H2,1-5H3,(H,51,62)(H,50,54,55)(H,52,61,63). The Morgan fingerprint density at radius 3 is 2.23 bits per heavy atom. The number of amides is 4. The molecule has 332 valence electrons. The Morgan fingerprint density at radius 2 is 1.56 bits per heavy atom. The quantitative estimate of drug-likeness (QED) is 0.126. The minimum atomic E-state index is -0.529. The number of aromatic nitrogens is 5. The number of piperidine rings is 1. The molecule has 0 saturated carbocycles. The van der Waals surface area contributed by atoms with E-state index in [1.165, 1.54) is 17.4 Å². The molecule has 1 unspecified atom stereocenters. The van der Waals surface area contributed by atoms with Crippen molar-refractivity contribution in [2.24, 2.45) is 5.92 Å². The minimum absolute atomic E-state index is 0.138. The summed E-state index contributed by atoms with van der Waals surface area (Å²) in [7, 11) is 0. The summed E-state index contributed by atoms with van der Waals surface area (Å²) in [5.74, 6) is -0.264. The van der Waals surface area contributed by atoms with Gasteiger partial charge in [0.2, 0.25) is 5.91 Å². The molecule has 6 heterocycles. The molecule has 4 amide bonds. The van der Waals surface area contributed by atoms with Crippen molar-refractivity contribution in [3.8, 4) is 22.4 Å². The summed E-state index contributed by atoms with van der Waals surface area (Å²) in [4.78, 5) is 54.7. The maximum atomic E-state index is 16.0. The molecule has 16 heteroatoms. The number of anilines is 3. The zero-order valence-corrected chi connectivity index (χ0v) is 36.9. The SMILES string of the molecule is Cc1cc(-c2n[nH]c3ncc(-c4ccc(N5CCN(CC6CCN(c7ccc(N8CCC(=O)NC8=O)cc7)CC6)CC5)cc4)cc23)c(F)cc1C(C)NC(=O)c1nc(C(C)(C)C)no1. The van der Waals surface area contributed by atoms with Crippen LogP contribution in [0.2, 0.25) is 0 Å². The van der Waals surface area contributed by atoms with Crippen LogP contribution in [0.4, 0.5) is 26.2 Å². The van der Waals surface area contributed by atoms with Crippen molar-refractivity contribution < 1.29 is 23.3 Å². The maximum absolute atomic E-state index is 16.0. The van der Waals surface area contributed by atoms with Crippen LogP contribution in [-0.4, -0.2) is 100 Å². The number of carbonyl (C=O) groups excluding carboxylic acids is 3. The molecule has 0 bridgehead atoms. The van der Waals surface area contributed by atoms with Crippen molar-refractivity contribution in [2.75, 3.05) is 67.1 Å². The zero-order valence-electron chi connectivity index (χ0n) is 36.9. The summed E-state index contributed by atoms with van der Waals surface area (Å²) in [6.45, 7) is 17.0. The lowest BCUT2D eigenvalue weighted by atomic mass is 9.95. The fourth-order valence-electron chi connectivity index (χ4n) is 9.01. The highest BCUT2D eigenvalue weighted by Crippen LogP contribution is 2.35. The molecular formula is C48H54FN11O4. The van der Waals surface area contributed by atoms with Gasteiger partial charge in [0.25, 0.3) is 0 Å². The highest BCUT2D eigenvalue weighted by Gasteiger charge is 2.28. The highest BCUT2D eigenvalue weighted by molar-refractivity contribution is 6.05. The fourth-order valence-corrected chi connectivity index (χ4v) is 9.01. The molecule has 3 N–H and O–H groups in total. The van der Waals surface area contributed by atoms with Crippen molar-refractivity contribution in [1.82, 2.24) is 40.9 Å². The molecule has 3 fully saturated rings. The second kappa shape index (κ2) is 17.5. The van der Waals surface area contributed by atoms with Crippen LogP contribution in [0.3, 0.4) is 0 Å². The van der Waals surface area contributed by atoms with Gasteiger partial charge in [0.1, 0.15) is 11.5 Å². The molecule has 64 heavy (non-hydrogen) atoms. The monoisotopic (exact) mass is 867 g/mol. The molecular weight excluding hydrogens is 814 g/mol. The first-order valence-electron chi connectivity index (χ1n) is 22.1. The number of urea groups is 1. The first-order valence-corrected chi connectivity index (χ1v) is 22.1. The Kier molecular flexibility index (Phi) is 11.6. The molecule has 3 aromatic carbocycles. The summed E-state index contributed by atoms with van der Waals surface area (Å²) in [6, 6.07) is 21.0. The van der Waals surface area contributed by atoms with Gasteiger partial charge in [-0.25, -0.2) is 14.2 Å². The molecule has 3 aliphatic rings. The van der Waals surface area contributed by atoms with Gasteiger partial charge in [-0.05, 0) is 104 Å². The molecule has 9 rings (SSSR count). The minimum Gasteiger partial charge on any atom is -0.372 e. The van der Waals surface area contributed by atoms with E-state index < -0.39 is 17.8 Å². The second-order valence-corrected chi connectivity index (χ2v) is 18.3. The molecule has 0 spiro atoms. The van der Waals surface area contributed by atoms with E-state index in [9.17, 15) is 14.4 Å². The van der Waals surface area contributed by atoms with Crippen LogP contribution in [0.5, 0.6) is 0 Å². The molecule has 1 atom stereocenters. The largest absolute Gasteiger partial charge is 0.372 e. The van der Waals surface area contributed by atoms with Gasteiger partial charge in [-0.2, -0.15) is 10.1 Å². The third kappa shape index (κ3) is 8.91. The van der Waals surface area contributed by atoms with Crippen LogP contribution in [0.15, 0.2) is 77.4 Å². The maximum Gasteiger partial charge on any atom is 0.328 e. The summed E-state index contributed by atoms with van der Waals surface area (Å²) in [5, 5.41) is 17.3. The highest BCUT2D eigenvalue weighted by atomic mass is 19.1. The summed E-state index contributed by atoms with van der Waals surface area (Å²) in [5.41, 5.74) is 7.47. The predicted octanol–water partition coefficient (Wildman–Crippen LogP) is 7.40. The van der Waals surface area contributed by atoms with E-state index >= 15 is 4.39 Å². The number of pyridine rings is 1. The summed E-state index contributed by atoms with van der Waals surface area (Å²) < 4.78 is 21.2. The van der Waals surface area contributed by atoms with Gasteiger partial charge in [-0.3, -0.25) is 29.8 Å². The number of H-pyrrole nitrogens is 1. The Morgan fingerprint density at radius 1 is 0.891 bits per heavy atom. The smallest absolute Gasteiger partial charge is 0.328 e. The molecule has 3 saturated heterocycles. The predicted molar refractivity (Wildman–Crippen MR) is 244 cm³/mol. The lowest BCUT2D eigenvalue weighted by Gasteiger charge is -2.40. The zero-order chi connectivity index (χ0) is 44.7. The van der Waals surface area contributed by atoms with E-state index in [1.54, 1.807) is 17.9 Å². The number of piperazine rings is 1.